The van der Waals surface area contributed by atoms with E-state index in [2.05, 4.69) is 4.74 Å². The van der Waals surface area contributed by atoms with Crippen molar-refractivity contribution >= 4 is 11.3 Å². The molecule has 1 rings (SSSR count). The third kappa shape index (κ3) is 3.93. The van der Waals surface area contributed by atoms with Crippen LogP contribution < -0.4 is 5.73 Å². The predicted octanol–water partition coefficient (Wildman–Crippen LogP) is 2.93. The van der Waals surface area contributed by atoms with Gasteiger partial charge in [0.2, 0.25) is 0 Å². The molecule has 17 heavy (non-hydrogen) atoms. The molecule has 1 aromatic heterocycles. The van der Waals surface area contributed by atoms with E-state index in [1.165, 1.54) is 11.3 Å². The van der Waals surface area contributed by atoms with E-state index in [0.717, 1.165) is 9.75 Å². The number of halogens is 4. The van der Waals surface area contributed by atoms with Gasteiger partial charge >= 0.3 is 12.3 Å². The maximum atomic E-state index is 12.5. The lowest BCUT2D eigenvalue weighted by Crippen LogP contribution is -2.32. The number of ether oxygens (including phenoxy) is 1. The first-order chi connectivity index (χ1) is 7.86. The standard InChI is InChI=1S/C10H13F4NOS/c1-6-7(2-8(3-15)17-6)4-16-5-10(13,14)9(11)12/h2,9H,3-5,15H2,1H3. The van der Waals surface area contributed by atoms with Crippen molar-refractivity contribution in [1.82, 2.24) is 0 Å². The Morgan fingerprint density at radius 1 is 1.47 bits per heavy atom. The van der Waals surface area contributed by atoms with Gasteiger partial charge in [-0.3, -0.25) is 0 Å². The molecule has 0 unspecified atom stereocenters. The van der Waals surface area contributed by atoms with Crippen LogP contribution in [-0.2, 0) is 17.9 Å². The molecule has 0 bridgehead atoms. The van der Waals surface area contributed by atoms with Gasteiger partial charge in [-0.15, -0.1) is 11.3 Å². The third-order valence-electron chi connectivity index (χ3n) is 2.14. The van der Waals surface area contributed by atoms with E-state index >= 15 is 0 Å². The van der Waals surface area contributed by atoms with Crippen molar-refractivity contribution in [3.63, 3.8) is 0 Å². The van der Waals surface area contributed by atoms with Crippen molar-refractivity contribution in [2.75, 3.05) is 6.61 Å². The molecule has 98 valence electrons. The summed E-state index contributed by atoms with van der Waals surface area (Å²) in [4.78, 5) is 1.80. The molecule has 2 N–H and O–H groups in total. The zero-order valence-corrected chi connectivity index (χ0v) is 10.00. The van der Waals surface area contributed by atoms with Crippen LogP contribution in [0.3, 0.4) is 0 Å². The zero-order chi connectivity index (χ0) is 13.1. The van der Waals surface area contributed by atoms with Crippen LogP contribution in [0.2, 0.25) is 0 Å². The van der Waals surface area contributed by atoms with Gasteiger partial charge in [0.15, 0.2) is 0 Å². The number of rotatable bonds is 6. The van der Waals surface area contributed by atoms with Crippen molar-refractivity contribution in [2.45, 2.75) is 32.4 Å². The van der Waals surface area contributed by atoms with Crippen LogP contribution in [0.25, 0.3) is 0 Å². The van der Waals surface area contributed by atoms with Gasteiger partial charge in [0, 0.05) is 16.3 Å². The molecule has 0 aromatic carbocycles. The topological polar surface area (TPSA) is 35.2 Å². The fraction of sp³-hybridized carbons (Fsp3) is 0.600. The Morgan fingerprint density at radius 3 is 2.59 bits per heavy atom. The molecule has 0 aliphatic heterocycles. The van der Waals surface area contributed by atoms with Crippen molar-refractivity contribution < 1.29 is 22.3 Å². The third-order valence-corrected chi connectivity index (χ3v) is 3.26. The Morgan fingerprint density at radius 2 is 2.12 bits per heavy atom. The maximum absolute atomic E-state index is 12.5. The Bertz CT molecular complexity index is 367. The average molecular weight is 271 g/mol. The molecule has 1 heterocycles. The highest BCUT2D eigenvalue weighted by atomic mass is 32.1. The normalized spacial score (nSPS) is 12.4. The second-order valence-electron chi connectivity index (χ2n) is 3.55. The fourth-order valence-corrected chi connectivity index (χ4v) is 2.12. The summed E-state index contributed by atoms with van der Waals surface area (Å²) in [5.74, 6) is -4.10. The van der Waals surface area contributed by atoms with Crippen LogP contribution in [0.1, 0.15) is 15.3 Å². The monoisotopic (exact) mass is 271 g/mol. The molecular weight excluding hydrogens is 258 g/mol. The second-order valence-corrected chi connectivity index (χ2v) is 4.89. The van der Waals surface area contributed by atoms with Crippen LogP contribution in [-0.4, -0.2) is 19.0 Å². The lowest BCUT2D eigenvalue weighted by atomic mass is 10.2. The van der Waals surface area contributed by atoms with Crippen LogP contribution in [0.5, 0.6) is 0 Å². The molecule has 0 aliphatic rings. The largest absolute Gasteiger partial charge is 0.370 e. The van der Waals surface area contributed by atoms with Gasteiger partial charge in [-0.2, -0.15) is 8.78 Å². The first-order valence-corrected chi connectivity index (χ1v) is 5.70. The van der Waals surface area contributed by atoms with Gasteiger partial charge < -0.3 is 10.5 Å². The minimum absolute atomic E-state index is 0.107. The molecule has 2 nitrogen and oxygen atoms in total. The summed E-state index contributed by atoms with van der Waals surface area (Å²) in [5.41, 5.74) is 6.13. The van der Waals surface area contributed by atoms with E-state index in [4.69, 9.17) is 5.73 Å². The van der Waals surface area contributed by atoms with Crippen molar-refractivity contribution in [3.05, 3.63) is 21.4 Å². The summed E-state index contributed by atoms with van der Waals surface area (Å²) in [6, 6.07) is 1.74. The van der Waals surface area contributed by atoms with Gasteiger partial charge in [-0.1, -0.05) is 0 Å². The SMILES string of the molecule is Cc1sc(CN)cc1COCC(F)(F)C(F)F. The van der Waals surface area contributed by atoms with Gasteiger partial charge in [0.1, 0.15) is 6.61 Å². The summed E-state index contributed by atoms with van der Waals surface area (Å²) < 4.78 is 53.3. The van der Waals surface area contributed by atoms with Crippen LogP contribution in [0.4, 0.5) is 17.6 Å². The summed E-state index contributed by atoms with van der Waals surface area (Å²) in [5, 5.41) is 0. The van der Waals surface area contributed by atoms with Gasteiger partial charge in [0.25, 0.3) is 0 Å². The van der Waals surface area contributed by atoms with E-state index in [9.17, 15) is 17.6 Å². The molecule has 7 heteroatoms. The number of alkyl halides is 4. The van der Waals surface area contributed by atoms with Gasteiger partial charge in [0.05, 0.1) is 6.61 Å². The molecule has 1 aromatic rings. The zero-order valence-electron chi connectivity index (χ0n) is 9.18. The number of thiophene rings is 1. The molecule has 0 spiro atoms. The molecule has 0 radical (unpaired) electrons. The number of hydrogen-bond acceptors (Lipinski definition) is 3. The minimum Gasteiger partial charge on any atom is -0.370 e. The van der Waals surface area contributed by atoms with Crippen molar-refractivity contribution in [3.8, 4) is 0 Å². The summed E-state index contributed by atoms with van der Waals surface area (Å²) in [7, 11) is 0. The van der Waals surface area contributed by atoms with Crippen LogP contribution in [0, 0.1) is 6.92 Å². The Balaban J connectivity index is 2.48. The van der Waals surface area contributed by atoms with Crippen LogP contribution in [0.15, 0.2) is 6.07 Å². The maximum Gasteiger partial charge on any atom is 0.330 e. The van der Waals surface area contributed by atoms with Crippen molar-refractivity contribution in [2.24, 2.45) is 5.73 Å². The highest BCUT2D eigenvalue weighted by Crippen LogP contribution is 2.25. The lowest BCUT2D eigenvalue weighted by Gasteiger charge is -2.14. The molecule has 0 fully saturated rings. The summed E-state index contributed by atoms with van der Waals surface area (Å²) in [6.07, 6.45) is -3.70. The fourth-order valence-electron chi connectivity index (χ4n) is 1.19. The average Bonchev–Trinajstić information content (AvgIpc) is 2.59. The highest BCUT2D eigenvalue weighted by Gasteiger charge is 2.40. The molecule has 0 amide bonds. The first kappa shape index (κ1) is 14.4. The highest BCUT2D eigenvalue weighted by molar-refractivity contribution is 7.12. The lowest BCUT2D eigenvalue weighted by molar-refractivity contribution is -0.168. The molecular formula is C10H13F4NOS. The minimum atomic E-state index is -4.10. The van der Waals surface area contributed by atoms with Crippen LogP contribution >= 0.6 is 11.3 Å². The van der Waals surface area contributed by atoms with E-state index in [1.54, 1.807) is 13.0 Å². The molecule has 0 aliphatic carbocycles. The Labute approximate surface area is 100 Å². The quantitative estimate of drug-likeness (QED) is 0.807. The van der Waals surface area contributed by atoms with E-state index < -0.39 is 19.0 Å². The predicted molar refractivity (Wildman–Crippen MR) is 57.6 cm³/mol. The van der Waals surface area contributed by atoms with E-state index in [1.807, 2.05) is 0 Å². The molecule has 0 saturated carbocycles. The Hall–Kier alpha value is -0.660. The summed E-state index contributed by atoms with van der Waals surface area (Å²) >= 11 is 1.44. The Kier molecular flexibility index (Phi) is 4.91. The number of hydrogen-bond donors (Lipinski definition) is 1. The number of nitrogens with two attached hydrogens (primary N) is 1. The summed E-state index contributed by atoms with van der Waals surface area (Å²) in [6.45, 7) is 0.773. The molecule has 0 atom stereocenters. The number of aryl methyl sites for hydroxylation is 1. The van der Waals surface area contributed by atoms with Gasteiger partial charge in [-0.25, -0.2) is 8.78 Å². The van der Waals surface area contributed by atoms with Crippen molar-refractivity contribution in [1.29, 1.82) is 0 Å². The molecule has 0 saturated heterocycles. The van der Waals surface area contributed by atoms with Gasteiger partial charge in [-0.05, 0) is 18.6 Å². The van der Waals surface area contributed by atoms with E-state index in [-0.39, 0.29) is 6.61 Å². The smallest absolute Gasteiger partial charge is 0.330 e. The first-order valence-electron chi connectivity index (χ1n) is 4.88. The second kappa shape index (κ2) is 5.79. The van der Waals surface area contributed by atoms with E-state index in [0.29, 0.717) is 12.1 Å².